The van der Waals surface area contributed by atoms with Gasteiger partial charge in [0.15, 0.2) is 0 Å². The molecule has 0 amide bonds. The van der Waals surface area contributed by atoms with E-state index in [1.807, 2.05) is 20.8 Å². The van der Waals surface area contributed by atoms with Gasteiger partial charge in [-0.05, 0) is 12.1 Å². The Morgan fingerprint density at radius 2 is 1.73 bits per heavy atom. The summed E-state index contributed by atoms with van der Waals surface area (Å²) in [6.07, 6.45) is 0. The van der Waals surface area contributed by atoms with Gasteiger partial charge >= 0.3 is 0 Å². The SMILES string of the molecule is CC(C)(C)C1=Nc2ccccc2S1(=O)=O. The van der Waals surface area contributed by atoms with E-state index in [9.17, 15) is 8.42 Å². The molecule has 0 saturated carbocycles. The normalized spacial score (nSPS) is 18.5. The van der Waals surface area contributed by atoms with Gasteiger partial charge in [0.2, 0.25) is 9.84 Å². The first-order valence-electron chi connectivity index (χ1n) is 4.77. The van der Waals surface area contributed by atoms with E-state index in [4.69, 9.17) is 0 Å². The van der Waals surface area contributed by atoms with E-state index in [1.165, 1.54) is 0 Å². The predicted molar refractivity (Wildman–Crippen MR) is 60.2 cm³/mol. The third-order valence-corrected chi connectivity index (χ3v) is 4.41. The molecule has 1 aliphatic rings. The minimum atomic E-state index is -3.35. The molecule has 0 saturated heterocycles. The Balaban J connectivity index is 2.70. The molecule has 1 aliphatic heterocycles. The molecule has 0 spiro atoms. The fourth-order valence-corrected chi connectivity index (χ4v) is 3.50. The van der Waals surface area contributed by atoms with E-state index in [1.54, 1.807) is 24.3 Å². The van der Waals surface area contributed by atoms with E-state index >= 15 is 0 Å². The molecule has 1 aromatic rings. The van der Waals surface area contributed by atoms with Crippen LogP contribution in [0.5, 0.6) is 0 Å². The summed E-state index contributed by atoms with van der Waals surface area (Å²) < 4.78 is 24.2. The zero-order chi connectivity index (χ0) is 11.3. The van der Waals surface area contributed by atoms with Crippen LogP contribution in [-0.4, -0.2) is 13.5 Å². The van der Waals surface area contributed by atoms with Crippen LogP contribution < -0.4 is 0 Å². The molecule has 4 heteroatoms. The average molecular weight is 223 g/mol. The van der Waals surface area contributed by atoms with Crippen LogP contribution in [0.3, 0.4) is 0 Å². The third kappa shape index (κ3) is 1.49. The summed E-state index contributed by atoms with van der Waals surface area (Å²) in [6.45, 7) is 5.57. The molecule has 1 heterocycles. The number of nitrogens with zero attached hydrogens (tertiary/aromatic N) is 1. The summed E-state index contributed by atoms with van der Waals surface area (Å²) in [6, 6.07) is 6.85. The first kappa shape index (κ1) is 10.4. The van der Waals surface area contributed by atoms with Crippen molar-refractivity contribution in [2.45, 2.75) is 25.7 Å². The molecule has 1 aromatic carbocycles. The smallest absolute Gasteiger partial charge is 0.222 e. The molecule has 80 valence electrons. The van der Waals surface area contributed by atoms with Crippen molar-refractivity contribution in [2.75, 3.05) is 0 Å². The first-order valence-corrected chi connectivity index (χ1v) is 6.25. The van der Waals surface area contributed by atoms with Crippen molar-refractivity contribution in [3.05, 3.63) is 24.3 Å². The van der Waals surface area contributed by atoms with Crippen molar-refractivity contribution >= 4 is 20.6 Å². The maximum absolute atomic E-state index is 12.1. The molecule has 15 heavy (non-hydrogen) atoms. The lowest BCUT2D eigenvalue weighted by Crippen LogP contribution is -2.26. The average Bonchev–Trinajstić information content (AvgIpc) is 2.39. The number of aliphatic imine (C=N–C) groups is 1. The van der Waals surface area contributed by atoms with Gasteiger partial charge in [-0.1, -0.05) is 32.9 Å². The van der Waals surface area contributed by atoms with Crippen LogP contribution in [0.25, 0.3) is 0 Å². The highest BCUT2D eigenvalue weighted by atomic mass is 32.2. The van der Waals surface area contributed by atoms with Gasteiger partial charge in [0.1, 0.15) is 5.04 Å². The monoisotopic (exact) mass is 223 g/mol. The van der Waals surface area contributed by atoms with Gasteiger partial charge in [-0.3, -0.25) is 0 Å². The molecule has 0 fully saturated rings. The number of fused-ring (bicyclic) bond motifs is 1. The van der Waals surface area contributed by atoms with Crippen molar-refractivity contribution in [3.63, 3.8) is 0 Å². The zero-order valence-electron chi connectivity index (χ0n) is 8.98. The minimum Gasteiger partial charge on any atom is -0.239 e. The lowest BCUT2D eigenvalue weighted by Gasteiger charge is -2.17. The highest BCUT2D eigenvalue weighted by Gasteiger charge is 2.38. The Bertz CT molecular complexity index is 536. The van der Waals surface area contributed by atoms with Crippen molar-refractivity contribution in [1.82, 2.24) is 0 Å². The summed E-state index contributed by atoms with van der Waals surface area (Å²) in [5.74, 6) is 0. The van der Waals surface area contributed by atoms with Gasteiger partial charge in [-0.25, -0.2) is 13.4 Å². The maximum atomic E-state index is 12.1. The number of para-hydroxylation sites is 1. The molecular formula is C11H13NO2S. The highest BCUT2D eigenvalue weighted by molar-refractivity contribution is 8.07. The Morgan fingerprint density at radius 1 is 1.13 bits per heavy atom. The van der Waals surface area contributed by atoms with Crippen molar-refractivity contribution in [3.8, 4) is 0 Å². The van der Waals surface area contributed by atoms with E-state index in [0.29, 0.717) is 10.6 Å². The predicted octanol–water partition coefficient (Wildman–Crippen LogP) is 2.55. The second kappa shape index (κ2) is 2.92. The van der Waals surface area contributed by atoms with Crippen molar-refractivity contribution < 1.29 is 8.42 Å². The molecule has 2 rings (SSSR count). The maximum Gasteiger partial charge on any atom is 0.222 e. The van der Waals surface area contributed by atoms with Crippen LogP contribution in [0.4, 0.5) is 5.69 Å². The van der Waals surface area contributed by atoms with Gasteiger partial charge in [0.05, 0.1) is 10.6 Å². The first-order chi connectivity index (χ1) is 6.83. The number of hydrogen-bond donors (Lipinski definition) is 0. The molecule has 0 unspecified atom stereocenters. The summed E-state index contributed by atoms with van der Waals surface area (Å²) in [7, 11) is -3.35. The number of benzene rings is 1. The lowest BCUT2D eigenvalue weighted by molar-refractivity contribution is 0.579. The van der Waals surface area contributed by atoms with Gasteiger partial charge in [0, 0.05) is 5.41 Å². The molecule has 0 bridgehead atoms. The minimum absolute atomic E-state index is 0.260. The van der Waals surface area contributed by atoms with Crippen molar-refractivity contribution in [1.29, 1.82) is 0 Å². The van der Waals surface area contributed by atoms with Gasteiger partial charge in [-0.2, -0.15) is 0 Å². The highest BCUT2D eigenvalue weighted by Crippen LogP contribution is 2.38. The second-order valence-electron chi connectivity index (χ2n) is 4.64. The summed E-state index contributed by atoms with van der Waals surface area (Å²) in [5, 5.41) is 0.260. The third-order valence-electron chi connectivity index (χ3n) is 2.27. The van der Waals surface area contributed by atoms with E-state index in [2.05, 4.69) is 4.99 Å². The van der Waals surface area contributed by atoms with Gasteiger partial charge in [-0.15, -0.1) is 0 Å². The largest absolute Gasteiger partial charge is 0.239 e. The van der Waals surface area contributed by atoms with E-state index < -0.39 is 15.3 Å². The quantitative estimate of drug-likeness (QED) is 0.678. The lowest BCUT2D eigenvalue weighted by atomic mass is 9.99. The van der Waals surface area contributed by atoms with Crippen LogP contribution in [0.2, 0.25) is 0 Å². The van der Waals surface area contributed by atoms with Crippen LogP contribution in [0.15, 0.2) is 34.2 Å². The molecule has 0 aromatic heterocycles. The summed E-state index contributed by atoms with van der Waals surface area (Å²) in [5.41, 5.74) is 0.111. The van der Waals surface area contributed by atoms with Crippen LogP contribution >= 0.6 is 0 Å². The molecule has 0 atom stereocenters. The fourth-order valence-electron chi connectivity index (χ4n) is 1.62. The van der Waals surface area contributed by atoms with Gasteiger partial charge < -0.3 is 0 Å². The second-order valence-corrected chi connectivity index (χ2v) is 6.47. The van der Waals surface area contributed by atoms with Crippen molar-refractivity contribution in [2.24, 2.45) is 10.4 Å². The fraction of sp³-hybridized carbons (Fsp3) is 0.364. The molecule has 3 nitrogen and oxygen atoms in total. The molecule has 0 N–H and O–H groups in total. The molecular weight excluding hydrogens is 210 g/mol. The standard InChI is InChI=1S/C11H13NO2S/c1-11(2,3)10-12-8-6-4-5-7-9(8)15(10,13)14/h4-7H,1-3H3. The van der Waals surface area contributed by atoms with Crippen LogP contribution in [0, 0.1) is 5.41 Å². The topological polar surface area (TPSA) is 46.5 Å². The van der Waals surface area contributed by atoms with Crippen LogP contribution in [-0.2, 0) is 9.84 Å². The Labute approximate surface area is 89.8 Å². The Hall–Kier alpha value is -1.16. The van der Waals surface area contributed by atoms with Gasteiger partial charge in [0.25, 0.3) is 0 Å². The molecule has 0 aliphatic carbocycles. The summed E-state index contributed by atoms with van der Waals surface area (Å²) >= 11 is 0. The number of rotatable bonds is 0. The van der Waals surface area contributed by atoms with E-state index in [-0.39, 0.29) is 5.04 Å². The summed E-state index contributed by atoms with van der Waals surface area (Å²) in [4.78, 5) is 4.53. The van der Waals surface area contributed by atoms with Crippen LogP contribution in [0.1, 0.15) is 20.8 Å². The number of sulfone groups is 1. The molecule has 0 radical (unpaired) electrons. The Morgan fingerprint density at radius 3 is 2.27 bits per heavy atom. The Kier molecular flexibility index (Phi) is 2.01. The zero-order valence-corrected chi connectivity index (χ0v) is 9.80. The van der Waals surface area contributed by atoms with E-state index in [0.717, 1.165) is 0 Å². The number of hydrogen-bond acceptors (Lipinski definition) is 3.